The molecule has 0 unspecified atom stereocenters. The van der Waals surface area contributed by atoms with Crippen LogP contribution in [-0.4, -0.2) is 16.8 Å². The molecule has 0 aliphatic heterocycles. The average molecular weight is 264 g/mol. The molecule has 1 rings (SSSR count). The lowest BCUT2D eigenvalue weighted by Gasteiger charge is -2.02. The molecule has 1 aromatic rings. The summed E-state index contributed by atoms with van der Waals surface area (Å²) in [6.45, 7) is -0.0659. The Bertz CT molecular complexity index is 337. The van der Waals surface area contributed by atoms with Gasteiger partial charge in [0, 0.05) is 10.0 Å². The first kappa shape index (κ1) is 10.6. The molecule has 0 bridgehead atoms. The van der Waals surface area contributed by atoms with E-state index in [0.29, 0.717) is 5.56 Å². The van der Waals surface area contributed by atoms with E-state index in [1.54, 1.807) is 18.2 Å². The second kappa shape index (κ2) is 4.65. The number of hydrogen-bond acceptors (Lipinski definition) is 2. The zero-order valence-electron chi connectivity index (χ0n) is 6.67. The van der Waals surface area contributed by atoms with Crippen molar-refractivity contribution in [1.29, 1.82) is 0 Å². The van der Waals surface area contributed by atoms with Crippen LogP contribution in [0.15, 0.2) is 22.7 Å². The van der Waals surface area contributed by atoms with E-state index in [0.717, 1.165) is 4.47 Å². The Hall–Kier alpha value is -0.510. The fourth-order valence-electron chi connectivity index (χ4n) is 0.893. The third kappa shape index (κ3) is 2.72. The quantitative estimate of drug-likeness (QED) is 0.861. The van der Waals surface area contributed by atoms with Crippen LogP contribution in [0.5, 0.6) is 5.75 Å². The van der Waals surface area contributed by atoms with Crippen molar-refractivity contribution in [3.8, 4) is 5.75 Å². The maximum Gasteiger partial charge on any atom is 0.141 e. The largest absolute Gasteiger partial charge is 0.506 e. The number of aliphatic hydroxyl groups excluding tert-OH is 1. The number of rotatable bonds is 2. The summed E-state index contributed by atoms with van der Waals surface area (Å²) in [6.07, 6.45) is 3.13. The van der Waals surface area contributed by atoms with Crippen molar-refractivity contribution >= 4 is 33.6 Å². The molecule has 0 heterocycles. The highest BCUT2D eigenvalue weighted by molar-refractivity contribution is 9.10. The van der Waals surface area contributed by atoms with Gasteiger partial charge in [-0.15, -0.1) is 0 Å². The lowest BCUT2D eigenvalue weighted by Crippen LogP contribution is -1.79. The summed E-state index contributed by atoms with van der Waals surface area (Å²) in [5.74, 6) is 0.0227. The number of aliphatic hydroxyl groups is 1. The number of benzene rings is 1. The number of hydrogen-bond donors (Lipinski definition) is 2. The van der Waals surface area contributed by atoms with Gasteiger partial charge in [0.1, 0.15) is 5.75 Å². The van der Waals surface area contributed by atoms with Gasteiger partial charge in [-0.05, 0) is 12.1 Å². The van der Waals surface area contributed by atoms with Crippen LogP contribution in [0.1, 0.15) is 5.56 Å². The molecule has 0 aliphatic carbocycles. The lowest BCUT2D eigenvalue weighted by atomic mass is 10.2. The molecule has 2 N–H and O–H groups in total. The molecule has 2 nitrogen and oxygen atoms in total. The normalized spacial score (nSPS) is 11.0. The SMILES string of the molecule is OC/C=C/c1cc(Br)cc(Cl)c1O. The molecule has 0 aliphatic rings. The molecule has 0 saturated carbocycles. The highest BCUT2D eigenvalue weighted by atomic mass is 79.9. The minimum atomic E-state index is -0.0659. The first-order chi connectivity index (χ1) is 6.15. The van der Waals surface area contributed by atoms with Gasteiger partial charge < -0.3 is 10.2 Å². The minimum Gasteiger partial charge on any atom is -0.506 e. The standard InChI is InChI=1S/C9H8BrClO2/c10-7-4-6(2-1-3-12)9(13)8(11)5-7/h1-2,4-5,12-13H,3H2/b2-1+. The topological polar surface area (TPSA) is 40.5 Å². The van der Waals surface area contributed by atoms with Crippen LogP contribution < -0.4 is 0 Å². The molecule has 4 heteroatoms. The van der Waals surface area contributed by atoms with Crippen molar-refractivity contribution in [3.63, 3.8) is 0 Å². The number of phenols is 1. The van der Waals surface area contributed by atoms with E-state index >= 15 is 0 Å². The van der Waals surface area contributed by atoms with E-state index in [2.05, 4.69) is 15.9 Å². The van der Waals surface area contributed by atoms with Gasteiger partial charge in [0.2, 0.25) is 0 Å². The van der Waals surface area contributed by atoms with Gasteiger partial charge in [0.25, 0.3) is 0 Å². The molecular weight excluding hydrogens is 255 g/mol. The smallest absolute Gasteiger partial charge is 0.141 e. The molecule has 0 radical (unpaired) electrons. The first-order valence-corrected chi connectivity index (χ1v) is 4.77. The van der Waals surface area contributed by atoms with Gasteiger partial charge in [0.05, 0.1) is 11.6 Å². The van der Waals surface area contributed by atoms with Crippen LogP contribution in [0.2, 0.25) is 5.02 Å². The maximum absolute atomic E-state index is 9.46. The fourth-order valence-corrected chi connectivity index (χ4v) is 1.73. The number of phenolic OH excluding ortho intramolecular Hbond substituents is 1. The van der Waals surface area contributed by atoms with Crippen LogP contribution >= 0.6 is 27.5 Å². The van der Waals surface area contributed by atoms with Gasteiger partial charge in [-0.2, -0.15) is 0 Å². The summed E-state index contributed by atoms with van der Waals surface area (Å²) in [6, 6.07) is 3.32. The fraction of sp³-hybridized carbons (Fsp3) is 0.111. The first-order valence-electron chi connectivity index (χ1n) is 3.60. The minimum absolute atomic E-state index is 0.0227. The van der Waals surface area contributed by atoms with Crippen molar-refractivity contribution < 1.29 is 10.2 Å². The highest BCUT2D eigenvalue weighted by Gasteiger charge is 2.04. The van der Waals surface area contributed by atoms with Gasteiger partial charge >= 0.3 is 0 Å². The highest BCUT2D eigenvalue weighted by Crippen LogP contribution is 2.31. The number of aromatic hydroxyl groups is 1. The Morgan fingerprint density at radius 2 is 2.15 bits per heavy atom. The zero-order chi connectivity index (χ0) is 9.84. The van der Waals surface area contributed by atoms with E-state index in [9.17, 15) is 5.11 Å². The summed E-state index contributed by atoms with van der Waals surface area (Å²) in [5.41, 5.74) is 0.577. The predicted octanol–water partition coefficient (Wildman–Crippen LogP) is 2.81. The van der Waals surface area contributed by atoms with Crippen LogP contribution in [0.3, 0.4) is 0 Å². The van der Waals surface area contributed by atoms with Gasteiger partial charge in [0.15, 0.2) is 0 Å². The molecule has 0 spiro atoms. The van der Waals surface area contributed by atoms with E-state index in [-0.39, 0.29) is 17.4 Å². The molecular formula is C9H8BrClO2. The Morgan fingerprint density at radius 3 is 2.77 bits per heavy atom. The molecule has 0 saturated heterocycles. The van der Waals surface area contributed by atoms with E-state index in [1.165, 1.54) is 6.08 Å². The third-order valence-electron chi connectivity index (χ3n) is 1.46. The molecule has 0 aromatic heterocycles. The summed E-state index contributed by atoms with van der Waals surface area (Å²) in [4.78, 5) is 0. The third-order valence-corrected chi connectivity index (χ3v) is 2.21. The lowest BCUT2D eigenvalue weighted by molar-refractivity contribution is 0.343. The molecule has 1 aromatic carbocycles. The van der Waals surface area contributed by atoms with Crippen molar-refractivity contribution in [2.24, 2.45) is 0 Å². The summed E-state index contributed by atoms with van der Waals surface area (Å²) in [7, 11) is 0. The van der Waals surface area contributed by atoms with E-state index in [4.69, 9.17) is 16.7 Å². The van der Waals surface area contributed by atoms with E-state index in [1.807, 2.05) is 0 Å². The molecule has 0 amide bonds. The Kier molecular flexibility index (Phi) is 3.78. The second-order valence-electron chi connectivity index (χ2n) is 2.41. The molecule has 13 heavy (non-hydrogen) atoms. The van der Waals surface area contributed by atoms with Gasteiger partial charge in [-0.25, -0.2) is 0 Å². The maximum atomic E-state index is 9.46. The van der Waals surface area contributed by atoms with E-state index < -0.39 is 0 Å². The molecule has 0 fully saturated rings. The number of halogens is 2. The molecule has 70 valence electrons. The Balaban J connectivity index is 3.12. The van der Waals surface area contributed by atoms with Crippen LogP contribution in [0.4, 0.5) is 0 Å². The van der Waals surface area contributed by atoms with Gasteiger partial charge in [-0.1, -0.05) is 39.7 Å². The van der Waals surface area contributed by atoms with Crippen LogP contribution in [0.25, 0.3) is 6.08 Å². The summed E-state index contributed by atoms with van der Waals surface area (Å²) < 4.78 is 0.785. The van der Waals surface area contributed by atoms with Crippen LogP contribution in [-0.2, 0) is 0 Å². The summed E-state index contributed by atoms with van der Waals surface area (Å²) >= 11 is 8.97. The monoisotopic (exact) mass is 262 g/mol. The zero-order valence-corrected chi connectivity index (χ0v) is 9.01. The van der Waals surface area contributed by atoms with Crippen molar-refractivity contribution in [2.75, 3.05) is 6.61 Å². The second-order valence-corrected chi connectivity index (χ2v) is 3.73. The average Bonchev–Trinajstić information content (AvgIpc) is 2.09. The van der Waals surface area contributed by atoms with Crippen LogP contribution in [0, 0.1) is 0 Å². The Labute approximate surface area is 89.6 Å². The van der Waals surface area contributed by atoms with Crippen molar-refractivity contribution in [2.45, 2.75) is 0 Å². The Morgan fingerprint density at radius 1 is 1.46 bits per heavy atom. The summed E-state index contributed by atoms with van der Waals surface area (Å²) in [5, 5.41) is 18.3. The predicted molar refractivity (Wildman–Crippen MR) is 56.9 cm³/mol. The van der Waals surface area contributed by atoms with Gasteiger partial charge in [-0.3, -0.25) is 0 Å². The van der Waals surface area contributed by atoms with Crippen molar-refractivity contribution in [3.05, 3.63) is 33.3 Å². The molecule has 0 atom stereocenters. The van der Waals surface area contributed by atoms with Crippen molar-refractivity contribution in [1.82, 2.24) is 0 Å².